The Morgan fingerprint density at radius 2 is 2.07 bits per heavy atom. The summed E-state index contributed by atoms with van der Waals surface area (Å²) >= 11 is 0. The van der Waals surface area contributed by atoms with Crippen LogP contribution in [-0.4, -0.2) is 11.2 Å². The number of hydrogen-bond acceptors (Lipinski definition) is 2. The van der Waals surface area contributed by atoms with E-state index in [-0.39, 0.29) is 11.9 Å². The van der Waals surface area contributed by atoms with Crippen LogP contribution in [0.3, 0.4) is 0 Å². The fraction of sp³-hybridized carbons (Fsp3) is 0.500. The number of aliphatic hydroxyl groups is 1. The Balaban J connectivity index is 3.02. The predicted molar refractivity (Wildman–Crippen MR) is 57.4 cm³/mol. The highest BCUT2D eigenvalue weighted by molar-refractivity contribution is 5.35. The molecule has 1 rings (SSSR count). The molecule has 0 aliphatic rings. The van der Waals surface area contributed by atoms with Gasteiger partial charge in [0.25, 0.3) is 0 Å². The molecule has 0 amide bonds. The van der Waals surface area contributed by atoms with Crippen molar-refractivity contribution >= 4 is 0 Å². The van der Waals surface area contributed by atoms with Gasteiger partial charge < -0.3 is 9.84 Å². The van der Waals surface area contributed by atoms with Crippen molar-refractivity contribution in [2.75, 3.05) is 0 Å². The molecule has 1 unspecified atom stereocenters. The van der Waals surface area contributed by atoms with Crippen LogP contribution in [0.25, 0.3) is 0 Å². The Bertz CT molecular complexity index is 323. The normalized spacial score (nSPS) is 12.9. The third-order valence-electron chi connectivity index (χ3n) is 2.08. The fourth-order valence-corrected chi connectivity index (χ4v) is 1.36. The van der Waals surface area contributed by atoms with E-state index in [0.717, 1.165) is 0 Å². The van der Waals surface area contributed by atoms with E-state index in [0.29, 0.717) is 17.7 Å². The van der Waals surface area contributed by atoms with E-state index in [1.165, 1.54) is 12.1 Å². The van der Waals surface area contributed by atoms with Gasteiger partial charge in [0.2, 0.25) is 0 Å². The third kappa shape index (κ3) is 3.20. The number of halogens is 1. The van der Waals surface area contributed by atoms with E-state index in [1.807, 2.05) is 20.8 Å². The van der Waals surface area contributed by atoms with Crippen LogP contribution in [0.4, 0.5) is 4.39 Å². The van der Waals surface area contributed by atoms with Gasteiger partial charge in [-0.15, -0.1) is 0 Å². The van der Waals surface area contributed by atoms with Gasteiger partial charge in [0, 0.05) is 11.6 Å². The largest absolute Gasteiger partial charge is 0.491 e. The van der Waals surface area contributed by atoms with E-state index in [9.17, 15) is 9.50 Å². The molecule has 0 spiro atoms. The lowest BCUT2D eigenvalue weighted by Gasteiger charge is -2.17. The zero-order chi connectivity index (χ0) is 11.4. The lowest BCUT2D eigenvalue weighted by atomic mass is 10.1. The fourth-order valence-electron chi connectivity index (χ4n) is 1.36. The highest BCUT2D eigenvalue weighted by atomic mass is 19.1. The topological polar surface area (TPSA) is 29.5 Å². The van der Waals surface area contributed by atoms with Crippen molar-refractivity contribution in [3.63, 3.8) is 0 Å². The predicted octanol–water partition coefficient (Wildman–Crippen LogP) is 3.06. The molecule has 0 saturated carbocycles. The van der Waals surface area contributed by atoms with Crippen molar-refractivity contribution in [1.82, 2.24) is 0 Å². The number of aliphatic hydroxyl groups excluding tert-OH is 1. The van der Waals surface area contributed by atoms with Gasteiger partial charge in [0.1, 0.15) is 11.6 Å². The zero-order valence-electron chi connectivity index (χ0n) is 9.33. The summed E-state index contributed by atoms with van der Waals surface area (Å²) in [7, 11) is 0. The molecule has 3 heteroatoms. The van der Waals surface area contributed by atoms with Crippen LogP contribution in [-0.2, 0) is 0 Å². The van der Waals surface area contributed by atoms with Crippen molar-refractivity contribution in [3.05, 3.63) is 29.6 Å². The van der Waals surface area contributed by atoms with Crippen LogP contribution < -0.4 is 4.74 Å². The Kier molecular flexibility index (Phi) is 4.09. The van der Waals surface area contributed by atoms with E-state index >= 15 is 0 Å². The molecule has 0 saturated heterocycles. The van der Waals surface area contributed by atoms with Gasteiger partial charge in [-0.1, -0.05) is 6.92 Å². The molecule has 1 aromatic carbocycles. The first-order valence-corrected chi connectivity index (χ1v) is 5.18. The third-order valence-corrected chi connectivity index (χ3v) is 2.08. The smallest absolute Gasteiger partial charge is 0.128 e. The second-order valence-electron chi connectivity index (χ2n) is 3.77. The van der Waals surface area contributed by atoms with Crippen molar-refractivity contribution < 1.29 is 14.2 Å². The van der Waals surface area contributed by atoms with Gasteiger partial charge in [-0.3, -0.25) is 0 Å². The highest BCUT2D eigenvalue weighted by Gasteiger charge is 2.13. The molecule has 1 N–H and O–H groups in total. The molecule has 1 atom stereocenters. The second kappa shape index (κ2) is 5.12. The summed E-state index contributed by atoms with van der Waals surface area (Å²) in [5.41, 5.74) is 0.646. The minimum atomic E-state index is -0.598. The summed E-state index contributed by atoms with van der Waals surface area (Å²) in [6.45, 7) is 5.60. The molecule has 0 bridgehead atoms. The zero-order valence-corrected chi connectivity index (χ0v) is 9.33. The Hall–Kier alpha value is -1.09. The van der Waals surface area contributed by atoms with Gasteiger partial charge in [0.05, 0.1) is 12.2 Å². The van der Waals surface area contributed by atoms with Crippen molar-refractivity contribution in [3.8, 4) is 5.75 Å². The monoisotopic (exact) mass is 212 g/mol. The Morgan fingerprint density at radius 3 is 2.60 bits per heavy atom. The number of benzene rings is 1. The average Bonchev–Trinajstić information content (AvgIpc) is 2.16. The molecule has 0 heterocycles. The first-order valence-electron chi connectivity index (χ1n) is 5.18. The molecule has 15 heavy (non-hydrogen) atoms. The number of rotatable bonds is 4. The molecule has 84 valence electrons. The van der Waals surface area contributed by atoms with Crippen LogP contribution in [0.1, 0.15) is 38.9 Å². The second-order valence-corrected chi connectivity index (χ2v) is 3.77. The molecule has 2 nitrogen and oxygen atoms in total. The molecule has 0 radical (unpaired) electrons. The lowest BCUT2D eigenvalue weighted by Crippen LogP contribution is -2.09. The van der Waals surface area contributed by atoms with Crippen molar-refractivity contribution in [1.29, 1.82) is 0 Å². The maximum Gasteiger partial charge on any atom is 0.128 e. The molecular weight excluding hydrogens is 195 g/mol. The van der Waals surface area contributed by atoms with Gasteiger partial charge in [-0.2, -0.15) is 0 Å². The summed E-state index contributed by atoms with van der Waals surface area (Å²) in [5, 5.41) is 9.71. The quantitative estimate of drug-likeness (QED) is 0.831. The molecular formula is C12H17FO2. The summed E-state index contributed by atoms with van der Waals surface area (Å²) in [6.07, 6.45) is -0.0472. The van der Waals surface area contributed by atoms with Gasteiger partial charge >= 0.3 is 0 Å². The SMILES string of the molecule is CCC(O)c1ccc(F)cc1OC(C)C. The minimum absolute atomic E-state index is 0.0328. The van der Waals surface area contributed by atoms with Crippen LogP contribution in [0.15, 0.2) is 18.2 Å². The van der Waals surface area contributed by atoms with Crippen molar-refractivity contribution in [2.24, 2.45) is 0 Å². The van der Waals surface area contributed by atoms with E-state index < -0.39 is 6.10 Å². The van der Waals surface area contributed by atoms with Gasteiger partial charge in [-0.05, 0) is 32.4 Å². The van der Waals surface area contributed by atoms with E-state index in [4.69, 9.17) is 4.74 Å². The Labute approximate surface area is 89.7 Å². The van der Waals surface area contributed by atoms with Crippen LogP contribution in [0, 0.1) is 5.82 Å². The Morgan fingerprint density at radius 1 is 1.40 bits per heavy atom. The highest BCUT2D eigenvalue weighted by Crippen LogP contribution is 2.28. The van der Waals surface area contributed by atoms with Crippen LogP contribution in [0.2, 0.25) is 0 Å². The first-order chi connectivity index (χ1) is 7.04. The number of ether oxygens (including phenoxy) is 1. The maximum atomic E-state index is 13.0. The van der Waals surface area contributed by atoms with E-state index in [1.54, 1.807) is 6.07 Å². The molecule has 0 aliphatic heterocycles. The molecule has 0 aliphatic carbocycles. The number of hydrogen-bond donors (Lipinski definition) is 1. The van der Waals surface area contributed by atoms with Gasteiger partial charge in [-0.25, -0.2) is 4.39 Å². The molecule has 0 fully saturated rings. The standard InChI is InChI=1S/C12H17FO2/c1-4-11(14)10-6-5-9(13)7-12(10)15-8(2)3/h5-8,11,14H,4H2,1-3H3. The molecule has 1 aromatic rings. The maximum absolute atomic E-state index is 13.0. The van der Waals surface area contributed by atoms with Crippen molar-refractivity contribution in [2.45, 2.75) is 39.4 Å². The lowest BCUT2D eigenvalue weighted by molar-refractivity contribution is 0.161. The first kappa shape index (κ1) is 12.0. The summed E-state index contributed by atoms with van der Waals surface area (Å²) in [5.74, 6) is 0.0806. The van der Waals surface area contributed by atoms with E-state index in [2.05, 4.69) is 0 Å². The summed E-state index contributed by atoms with van der Waals surface area (Å²) in [6, 6.07) is 4.22. The van der Waals surface area contributed by atoms with Crippen LogP contribution in [0.5, 0.6) is 5.75 Å². The minimum Gasteiger partial charge on any atom is -0.491 e. The summed E-state index contributed by atoms with van der Waals surface area (Å²) in [4.78, 5) is 0. The summed E-state index contributed by atoms with van der Waals surface area (Å²) < 4.78 is 18.5. The van der Waals surface area contributed by atoms with Crippen LogP contribution >= 0.6 is 0 Å². The van der Waals surface area contributed by atoms with Gasteiger partial charge in [0.15, 0.2) is 0 Å². The average molecular weight is 212 g/mol. The molecule has 0 aromatic heterocycles.